The molecule has 4 aromatic rings. The van der Waals surface area contributed by atoms with Crippen LogP contribution in [0.1, 0.15) is 27.8 Å². The van der Waals surface area contributed by atoms with Crippen LogP contribution in [0.2, 0.25) is 0 Å². The zero-order chi connectivity index (χ0) is 19.5. The van der Waals surface area contributed by atoms with E-state index in [9.17, 15) is 9.59 Å². The molecule has 0 aliphatic heterocycles. The fourth-order valence-electron chi connectivity index (χ4n) is 2.69. The molecular weight excluding hydrogens is 396 g/mol. The lowest BCUT2D eigenvalue weighted by atomic mass is 10.1. The second-order valence-electron chi connectivity index (χ2n) is 5.67. The van der Waals surface area contributed by atoms with Gasteiger partial charge in [0.25, 0.3) is 5.91 Å². The summed E-state index contributed by atoms with van der Waals surface area (Å²) in [5.41, 5.74) is 1.88. The lowest BCUT2D eigenvalue weighted by molar-refractivity contribution is 0.0520. The molecule has 28 heavy (non-hydrogen) atoms. The van der Waals surface area contributed by atoms with Gasteiger partial charge in [0.15, 0.2) is 5.00 Å². The average molecular weight is 410 g/mol. The molecule has 3 heterocycles. The Labute approximate surface area is 168 Å². The molecular formula is C19H14N4O3S2. The number of rotatable bonds is 5. The van der Waals surface area contributed by atoms with Crippen molar-refractivity contribution in [2.75, 3.05) is 11.9 Å². The molecule has 0 radical (unpaired) electrons. The van der Waals surface area contributed by atoms with E-state index in [1.54, 1.807) is 24.3 Å². The normalized spacial score (nSPS) is 10.8. The van der Waals surface area contributed by atoms with Gasteiger partial charge in [0.1, 0.15) is 0 Å². The molecule has 0 aliphatic rings. The summed E-state index contributed by atoms with van der Waals surface area (Å²) in [6.45, 7) is 1.91. The number of aromatic nitrogens is 3. The number of carbonyl (C=O) groups excluding carboxylic acids is 2. The number of anilines is 1. The molecule has 0 saturated heterocycles. The molecule has 4 rings (SSSR count). The summed E-state index contributed by atoms with van der Waals surface area (Å²) in [6.07, 6.45) is 0. The maximum absolute atomic E-state index is 13.0. The van der Waals surface area contributed by atoms with Gasteiger partial charge < -0.3 is 10.1 Å². The first kappa shape index (κ1) is 18.2. The standard InChI is InChI=1S/C19H14N4O3S2/c1-2-26-19(25)16-18(28-23-22-16)21-17(24)12-10-14(15-8-5-9-27-15)20-13-7-4-3-6-11(12)13/h3-10H,2H2,1H3,(H,21,24). The van der Waals surface area contributed by atoms with E-state index in [0.29, 0.717) is 16.8 Å². The molecule has 9 heteroatoms. The average Bonchev–Trinajstić information content (AvgIpc) is 3.39. The number of hydrogen-bond acceptors (Lipinski definition) is 8. The van der Waals surface area contributed by atoms with Gasteiger partial charge in [-0.05, 0) is 30.5 Å². The number of nitrogens with one attached hydrogen (secondary N) is 1. The Morgan fingerprint density at radius 2 is 2.04 bits per heavy atom. The van der Waals surface area contributed by atoms with Gasteiger partial charge in [-0.1, -0.05) is 28.8 Å². The second-order valence-corrected chi connectivity index (χ2v) is 7.38. The summed E-state index contributed by atoms with van der Waals surface area (Å²) >= 11 is 2.48. The molecule has 0 fully saturated rings. The lowest BCUT2D eigenvalue weighted by Gasteiger charge is -2.09. The van der Waals surface area contributed by atoms with Crippen LogP contribution < -0.4 is 5.32 Å². The molecule has 140 valence electrons. The highest BCUT2D eigenvalue weighted by Gasteiger charge is 2.21. The first-order chi connectivity index (χ1) is 13.7. The number of pyridine rings is 1. The second kappa shape index (κ2) is 7.83. The van der Waals surface area contributed by atoms with E-state index in [1.807, 2.05) is 41.8 Å². The number of para-hydroxylation sites is 1. The van der Waals surface area contributed by atoms with Gasteiger partial charge in [-0.15, -0.1) is 16.4 Å². The van der Waals surface area contributed by atoms with E-state index in [0.717, 1.165) is 21.8 Å². The number of amides is 1. The summed E-state index contributed by atoms with van der Waals surface area (Å²) in [6, 6.07) is 13.1. The van der Waals surface area contributed by atoms with Crippen LogP contribution in [-0.4, -0.2) is 33.1 Å². The van der Waals surface area contributed by atoms with Crippen molar-refractivity contribution in [1.29, 1.82) is 0 Å². The molecule has 0 bridgehead atoms. The molecule has 0 saturated carbocycles. The lowest BCUT2D eigenvalue weighted by Crippen LogP contribution is -2.15. The number of esters is 1. The highest BCUT2D eigenvalue weighted by Crippen LogP contribution is 2.29. The molecule has 3 aromatic heterocycles. The van der Waals surface area contributed by atoms with Crippen molar-refractivity contribution < 1.29 is 14.3 Å². The minimum Gasteiger partial charge on any atom is -0.461 e. The Balaban J connectivity index is 1.74. The molecule has 1 amide bonds. The predicted molar refractivity (Wildman–Crippen MR) is 109 cm³/mol. The Morgan fingerprint density at radius 1 is 1.18 bits per heavy atom. The fraction of sp³-hybridized carbons (Fsp3) is 0.105. The van der Waals surface area contributed by atoms with Gasteiger partial charge >= 0.3 is 5.97 Å². The molecule has 0 spiro atoms. The van der Waals surface area contributed by atoms with Gasteiger partial charge in [-0.3, -0.25) is 4.79 Å². The minimum absolute atomic E-state index is 0.00274. The first-order valence-corrected chi connectivity index (χ1v) is 10.1. The van der Waals surface area contributed by atoms with Crippen molar-refractivity contribution in [2.45, 2.75) is 6.92 Å². The number of thiophene rings is 1. The maximum atomic E-state index is 13.0. The molecule has 1 N–H and O–H groups in total. The van der Waals surface area contributed by atoms with Gasteiger partial charge in [0, 0.05) is 16.9 Å². The number of benzene rings is 1. The molecule has 7 nitrogen and oxygen atoms in total. The van der Waals surface area contributed by atoms with E-state index in [-0.39, 0.29) is 23.2 Å². The van der Waals surface area contributed by atoms with E-state index in [1.165, 1.54) is 0 Å². The minimum atomic E-state index is -0.620. The smallest absolute Gasteiger partial charge is 0.362 e. The van der Waals surface area contributed by atoms with Crippen molar-refractivity contribution in [3.8, 4) is 10.6 Å². The number of hydrogen-bond donors (Lipinski definition) is 1. The largest absolute Gasteiger partial charge is 0.461 e. The molecule has 1 aromatic carbocycles. The van der Waals surface area contributed by atoms with Crippen LogP contribution in [0.5, 0.6) is 0 Å². The van der Waals surface area contributed by atoms with Gasteiger partial charge in [-0.25, -0.2) is 9.78 Å². The Kier molecular flexibility index (Phi) is 5.09. The van der Waals surface area contributed by atoms with Crippen LogP contribution in [0.3, 0.4) is 0 Å². The van der Waals surface area contributed by atoms with Crippen LogP contribution in [0.25, 0.3) is 21.5 Å². The Morgan fingerprint density at radius 3 is 2.82 bits per heavy atom. The van der Waals surface area contributed by atoms with Gasteiger partial charge in [0.2, 0.25) is 5.69 Å². The number of fused-ring (bicyclic) bond motifs is 1. The summed E-state index contributed by atoms with van der Waals surface area (Å²) in [5, 5.41) is 9.44. The number of ether oxygens (including phenoxy) is 1. The van der Waals surface area contributed by atoms with Crippen molar-refractivity contribution in [3.63, 3.8) is 0 Å². The van der Waals surface area contributed by atoms with Gasteiger partial charge in [0.05, 0.1) is 28.3 Å². The van der Waals surface area contributed by atoms with Gasteiger partial charge in [-0.2, -0.15) is 0 Å². The summed E-state index contributed by atoms with van der Waals surface area (Å²) in [5.74, 6) is -0.988. The zero-order valence-corrected chi connectivity index (χ0v) is 16.3. The summed E-state index contributed by atoms with van der Waals surface area (Å²) < 4.78 is 8.72. The monoisotopic (exact) mass is 410 g/mol. The third-order valence-electron chi connectivity index (χ3n) is 3.92. The Bertz CT molecular complexity index is 1160. The van der Waals surface area contributed by atoms with E-state index >= 15 is 0 Å². The summed E-state index contributed by atoms with van der Waals surface area (Å²) in [7, 11) is 0. The van der Waals surface area contributed by atoms with Crippen LogP contribution in [0.4, 0.5) is 5.00 Å². The molecule has 0 aliphatic carbocycles. The predicted octanol–water partition coefficient (Wildman–Crippen LogP) is 4.24. The topological polar surface area (TPSA) is 94.1 Å². The van der Waals surface area contributed by atoms with Crippen LogP contribution in [-0.2, 0) is 4.74 Å². The highest BCUT2D eigenvalue weighted by atomic mass is 32.1. The van der Waals surface area contributed by atoms with E-state index in [4.69, 9.17) is 4.74 Å². The van der Waals surface area contributed by atoms with E-state index in [2.05, 4.69) is 19.9 Å². The Hall–Kier alpha value is -3.17. The molecule has 0 atom stereocenters. The molecule has 0 unspecified atom stereocenters. The van der Waals surface area contributed by atoms with E-state index < -0.39 is 5.97 Å². The van der Waals surface area contributed by atoms with Crippen molar-refractivity contribution in [2.24, 2.45) is 0 Å². The third-order valence-corrected chi connectivity index (χ3v) is 5.45. The van der Waals surface area contributed by atoms with Crippen LogP contribution in [0.15, 0.2) is 47.8 Å². The van der Waals surface area contributed by atoms with Crippen molar-refractivity contribution in [3.05, 3.63) is 59.1 Å². The summed E-state index contributed by atoms with van der Waals surface area (Å²) in [4.78, 5) is 30.7. The fourth-order valence-corrected chi connectivity index (χ4v) is 3.93. The zero-order valence-electron chi connectivity index (χ0n) is 14.7. The van der Waals surface area contributed by atoms with Crippen molar-refractivity contribution in [1.82, 2.24) is 14.6 Å². The van der Waals surface area contributed by atoms with Crippen LogP contribution in [0, 0.1) is 0 Å². The number of carbonyl (C=O) groups is 2. The van der Waals surface area contributed by atoms with Crippen LogP contribution >= 0.6 is 22.9 Å². The highest BCUT2D eigenvalue weighted by molar-refractivity contribution is 7.13. The SMILES string of the molecule is CCOC(=O)c1nnsc1NC(=O)c1cc(-c2cccs2)nc2ccccc12. The van der Waals surface area contributed by atoms with Crippen molar-refractivity contribution >= 4 is 50.6 Å². The quantitative estimate of drug-likeness (QED) is 0.495. The third kappa shape index (κ3) is 3.49. The maximum Gasteiger partial charge on any atom is 0.362 e. The number of nitrogens with zero attached hydrogens (tertiary/aromatic N) is 3. The first-order valence-electron chi connectivity index (χ1n) is 8.42.